The maximum absolute atomic E-state index is 12.4. The fraction of sp³-hybridized carbons (Fsp3) is 0.0667. The molecule has 5 rings (SSSR count). The van der Waals surface area contributed by atoms with E-state index in [1.54, 1.807) is 6.21 Å². The third kappa shape index (κ3) is 5.53. The number of thioether (sulfide) groups is 1. The molecular weight excluding hydrogens is 452 g/mol. The van der Waals surface area contributed by atoms with Crippen LogP contribution >= 0.6 is 11.8 Å². The number of ether oxygens (including phenoxy) is 1. The second-order valence-corrected chi connectivity index (χ2v) is 9.04. The largest absolute Gasteiger partial charge is 0.488 e. The molecule has 0 atom stereocenters. The van der Waals surface area contributed by atoms with Crippen molar-refractivity contribution in [3.05, 3.63) is 120 Å². The van der Waals surface area contributed by atoms with Gasteiger partial charge in [0.1, 0.15) is 12.4 Å². The van der Waals surface area contributed by atoms with Gasteiger partial charge in [-0.15, -0.1) is 11.8 Å². The highest BCUT2D eigenvalue weighted by Crippen LogP contribution is 2.27. The maximum atomic E-state index is 12.4. The van der Waals surface area contributed by atoms with Crippen LogP contribution < -0.4 is 10.2 Å². The predicted octanol–water partition coefficient (Wildman–Crippen LogP) is 6.81. The smallest absolute Gasteiger partial charge is 0.250 e. The summed E-state index contributed by atoms with van der Waals surface area (Å²) < 4.78 is 6.13. The minimum atomic E-state index is -0.159. The van der Waals surface area contributed by atoms with Gasteiger partial charge in [0, 0.05) is 10.5 Å². The summed E-state index contributed by atoms with van der Waals surface area (Å²) in [6.07, 6.45) is 1.62. The molecule has 0 heterocycles. The fourth-order valence-corrected chi connectivity index (χ4v) is 4.83. The van der Waals surface area contributed by atoms with Crippen LogP contribution in [0.5, 0.6) is 5.75 Å². The predicted molar refractivity (Wildman–Crippen MR) is 145 cm³/mol. The molecule has 0 fully saturated rings. The van der Waals surface area contributed by atoms with Crippen LogP contribution in [0.4, 0.5) is 0 Å². The van der Waals surface area contributed by atoms with Crippen molar-refractivity contribution in [2.24, 2.45) is 5.10 Å². The summed E-state index contributed by atoms with van der Waals surface area (Å²) in [5.74, 6) is 0.835. The lowest BCUT2D eigenvalue weighted by molar-refractivity contribution is -0.118. The molecule has 4 nitrogen and oxygen atoms in total. The SMILES string of the molecule is O=C(CSc1cccc2ccccc12)N/N=C/c1ccccc1OCc1cccc2ccccc12. The molecule has 1 amide bonds. The molecule has 0 aliphatic carbocycles. The van der Waals surface area contributed by atoms with Crippen molar-refractivity contribution in [3.63, 3.8) is 0 Å². The van der Waals surface area contributed by atoms with Crippen molar-refractivity contribution >= 4 is 45.4 Å². The molecule has 0 radical (unpaired) electrons. The first-order valence-electron chi connectivity index (χ1n) is 11.4. The topological polar surface area (TPSA) is 50.7 Å². The van der Waals surface area contributed by atoms with Gasteiger partial charge in [-0.25, -0.2) is 5.43 Å². The second kappa shape index (κ2) is 10.9. The Hall–Kier alpha value is -4.09. The normalized spacial score (nSPS) is 11.2. The molecule has 0 aliphatic heterocycles. The number of hydrazone groups is 1. The van der Waals surface area contributed by atoms with Crippen LogP contribution in [0.25, 0.3) is 21.5 Å². The van der Waals surface area contributed by atoms with Crippen LogP contribution in [0, 0.1) is 0 Å². The maximum Gasteiger partial charge on any atom is 0.250 e. The molecular formula is C30H24N2O2S. The van der Waals surface area contributed by atoms with E-state index in [0.29, 0.717) is 12.4 Å². The van der Waals surface area contributed by atoms with Crippen LogP contribution in [0.3, 0.4) is 0 Å². The molecule has 35 heavy (non-hydrogen) atoms. The molecule has 0 saturated heterocycles. The lowest BCUT2D eigenvalue weighted by atomic mass is 10.1. The third-order valence-corrected chi connectivity index (χ3v) is 6.76. The number of hydrogen-bond donors (Lipinski definition) is 1. The van der Waals surface area contributed by atoms with Crippen LogP contribution in [0.15, 0.2) is 119 Å². The Balaban J connectivity index is 1.20. The van der Waals surface area contributed by atoms with E-state index in [4.69, 9.17) is 4.74 Å². The quantitative estimate of drug-likeness (QED) is 0.152. The first kappa shape index (κ1) is 22.7. The van der Waals surface area contributed by atoms with Gasteiger partial charge in [-0.3, -0.25) is 4.79 Å². The average molecular weight is 477 g/mol. The Morgan fingerprint density at radius 3 is 2.29 bits per heavy atom. The molecule has 0 unspecified atom stereocenters. The van der Waals surface area contributed by atoms with Crippen molar-refractivity contribution in [2.45, 2.75) is 11.5 Å². The van der Waals surface area contributed by atoms with Crippen LogP contribution in [0.1, 0.15) is 11.1 Å². The third-order valence-electron chi connectivity index (χ3n) is 5.68. The standard InChI is InChI=1S/C30H24N2O2S/c33-30(21-35-29-18-8-13-23-10-2-5-16-27(23)29)32-31-19-24-11-3-6-17-28(24)34-20-25-14-7-12-22-9-1-4-15-26(22)25/h1-19H,20-21H2,(H,32,33)/b31-19+. The summed E-state index contributed by atoms with van der Waals surface area (Å²) >= 11 is 1.50. The zero-order valence-corrected chi connectivity index (χ0v) is 19.9. The molecule has 0 aromatic heterocycles. The molecule has 5 aromatic rings. The Morgan fingerprint density at radius 2 is 1.43 bits per heavy atom. The van der Waals surface area contributed by atoms with Crippen LogP contribution in [-0.4, -0.2) is 17.9 Å². The number of para-hydroxylation sites is 1. The van der Waals surface area contributed by atoms with Crippen molar-refractivity contribution in [1.29, 1.82) is 0 Å². The zero-order valence-electron chi connectivity index (χ0n) is 19.1. The number of carbonyl (C=O) groups is 1. The van der Waals surface area contributed by atoms with Gasteiger partial charge < -0.3 is 4.74 Å². The van der Waals surface area contributed by atoms with Gasteiger partial charge >= 0.3 is 0 Å². The van der Waals surface area contributed by atoms with Gasteiger partial charge in [0.25, 0.3) is 0 Å². The van der Waals surface area contributed by atoms with Crippen molar-refractivity contribution in [3.8, 4) is 5.75 Å². The average Bonchev–Trinajstić information content (AvgIpc) is 2.91. The number of rotatable bonds is 8. The van der Waals surface area contributed by atoms with Gasteiger partial charge in [0.05, 0.1) is 12.0 Å². The molecule has 0 spiro atoms. The summed E-state index contributed by atoms with van der Waals surface area (Å²) in [5.41, 5.74) is 4.55. The van der Waals surface area contributed by atoms with Gasteiger partial charge in [0.2, 0.25) is 5.91 Å². The van der Waals surface area contributed by atoms with Gasteiger partial charge in [-0.2, -0.15) is 5.10 Å². The number of amides is 1. The van der Waals surface area contributed by atoms with Gasteiger partial charge in [-0.05, 0) is 45.3 Å². The summed E-state index contributed by atoms with van der Waals surface area (Å²) in [7, 11) is 0. The number of hydrogen-bond acceptors (Lipinski definition) is 4. The van der Waals surface area contributed by atoms with E-state index >= 15 is 0 Å². The Morgan fingerprint density at radius 1 is 0.771 bits per heavy atom. The van der Waals surface area contributed by atoms with E-state index in [2.05, 4.69) is 53.0 Å². The molecule has 1 N–H and O–H groups in total. The van der Waals surface area contributed by atoms with Gasteiger partial charge in [0.15, 0.2) is 0 Å². The first-order chi connectivity index (χ1) is 17.3. The number of carbonyl (C=O) groups excluding carboxylic acids is 1. The molecule has 172 valence electrons. The Kier molecular flexibility index (Phi) is 7.06. The lowest BCUT2D eigenvalue weighted by Gasteiger charge is -2.11. The van der Waals surface area contributed by atoms with E-state index < -0.39 is 0 Å². The van der Waals surface area contributed by atoms with E-state index in [0.717, 1.165) is 26.8 Å². The molecule has 0 aliphatic rings. The number of benzene rings is 5. The van der Waals surface area contributed by atoms with Crippen molar-refractivity contribution in [2.75, 3.05) is 5.75 Å². The van der Waals surface area contributed by atoms with E-state index in [9.17, 15) is 4.79 Å². The Bertz CT molecular complexity index is 1500. The summed E-state index contributed by atoms with van der Waals surface area (Å²) in [5, 5.41) is 8.84. The minimum Gasteiger partial charge on any atom is -0.488 e. The highest BCUT2D eigenvalue weighted by Gasteiger charge is 2.07. The van der Waals surface area contributed by atoms with Crippen LogP contribution in [0.2, 0.25) is 0 Å². The number of nitrogens with zero attached hydrogens (tertiary/aromatic N) is 1. The van der Waals surface area contributed by atoms with E-state index in [1.165, 1.54) is 22.5 Å². The first-order valence-corrected chi connectivity index (χ1v) is 12.4. The summed E-state index contributed by atoms with van der Waals surface area (Å²) in [6, 6.07) is 36.4. The van der Waals surface area contributed by atoms with E-state index in [-0.39, 0.29) is 11.7 Å². The number of fused-ring (bicyclic) bond motifs is 2. The lowest BCUT2D eigenvalue weighted by Crippen LogP contribution is -2.19. The molecule has 0 saturated carbocycles. The molecule has 5 aromatic carbocycles. The summed E-state index contributed by atoms with van der Waals surface area (Å²) in [4.78, 5) is 13.5. The van der Waals surface area contributed by atoms with Crippen molar-refractivity contribution < 1.29 is 9.53 Å². The van der Waals surface area contributed by atoms with Gasteiger partial charge in [-0.1, -0.05) is 91.0 Å². The summed E-state index contributed by atoms with van der Waals surface area (Å²) in [6.45, 7) is 0.445. The molecule has 5 heteroatoms. The minimum absolute atomic E-state index is 0.159. The molecule has 0 bridgehead atoms. The highest BCUT2D eigenvalue weighted by atomic mass is 32.2. The zero-order chi connectivity index (χ0) is 23.9. The van der Waals surface area contributed by atoms with E-state index in [1.807, 2.05) is 66.7 Å². The fourth-order valence-electron chi connectivity index (χ4n) is 3.96. The van der Waals surface area contributed by atoms with Crippen molar-refractivity contribution in [1.82, 2.24) is 5.43 Å². The highest BCUT2D eigenvalue weighted by molar-refractivity contribution is 8.00. The number of nitrogens with one attached hydrogen (secondary N) is 1. The van der Waals surface area contributed by atoms with Crippen LogP contribution in [-0.2, 0) is 11.4 Å². The second-order valence-electron chi connectivity index (χ2n) is 8.02. The monoisotopic (exact) mass is 476 g/mol. The Labute approximate surface area is 208 Å².